The summed E-state index contributed by atoms with van der Waals surface area (Å²) in [6, 6.07) is 0.334. The van der Waals surface area contributed by atoms with Crippen LogP contribution in [0.1, 0.15) is 70.3 Å². The molecular weight excluding hydrogens is 340 g/mol. The van der Waals surface area contributed by atoms with Crippen molar-refractivity contribution in [3.05, 3.63) is 0 Å². The van der Waals surface area contributed by atoms with Crippen LogP contribution in [-0.4, -0.2) is 37.8 Å². The van der Waals surface area contributed by atoms with E-state index in [0.717, 1.165) is 38.5 Å². The van der Waals surface area contributed by atoms with Crippen molar-refractivity contribution in [2.24, 2.45) is 5.92 Å². The van der Waals surface area contributed by atoms with Crippen molar-refractivity contribution in [3.63, 3.8) is 0 Å². The second kappa shape index (κ2) is 9.17. The van der Waals surface area contributed by atoms with Crippen LogP contribution >= 0.6 is 11.8 Å². The lowest BCUT2D eigenvalue weighted by atomic mass is 9.89. The van der Waals surface area contributed by atoms with Gasteiger partial charge in [0.2, 0.25) is 17.0 Å². The lowest BCUT2D eigenvalue weighted by Crippen LogP contribution is -2.45. The molecule has 2 amide bonds. The molecule has 0 unspecified atom stereocenters. The van der Waals surface area contributed by atoms with Gasteiger partial charge in [0.15, 0.2) is 0 Å². The molecule has 0 bridgehead atoms. The molecule has 0 radical (unpaired) electrons. The number of thioether (sulfide) groups is 1. The Morgan fingerprint density at radius 2 is 1.68 bits per heavy atom. The van der Waals surface area contributed by atoms with Crippen molar-refractivity contribution in [2.45, 2.75) is 75.4 Å². The Morgan fingerprint density at radius 1 is 1.00 bits per heavy atom. The van der Waals surface area contributed by atoms with Crippen LogP contribution < -0.4 is 10.9 Å². The fourth-order valence-electron chi connectivity index (χ4n) is 3.60. The molecular formula is C16H26N6O2S. The highest BCUT2D eigenvalue weighted by Gasteiger charge is 2.22. The number of aromatic nitrogens is 4. The molecule has 1 heterocycles. The Morgan fingerprint density at radius 3 is 2.40 bits per heavy atom. The van der Waals surface area contributed by atoms with Crippen LogP contribution in [-0.2, 0) is 9.59 Å². The number of carbonyl (C=O) groups is 2. The van der Waals surface area contributed by atoms with Gasteiger partial charge in [-0.15, -0.1) is 5.10 Å². The molecule has 0 atom stereocenters. The molecule has 8 nitrogen and oxygen atoms in total. The fraction of sp³-hybridized carbons (Fsp3) is 0.812. The molecule has 0 aromatic carbocycles. The molecule has 25 heavy (non-hydrogen) atoms. The highest BCUT2D eigenvalue weighted by Crippen LogP contribution is 2.30. The quantitative estimate of drug-likeness (QED) is 0.610. The summed E-state index contributed by atoms with van der Waals surface area (Å²) in [5, 5.41) is 12.5. The lowest BCUT2D eigenvalue weighted by molar-refractivity contribution is -0.131. The van der Waals surface area contributed by atoms with Crippen LogP contribution in [0, 0.1) is 5.92 Å². The predicted octanol–water partition coefficient (Wildman–Crippen LogP) is 2.00. The molecule has 1 aromatic rings. The highest BCUT2D eigenvalue weighted by atomic mass is 32.2. The number of hydrazine groups is 1. The highest BCUT2D eigenvalue weighted by molar-refractivity contribution is 7.99. The number of nitrogens with zero attached hydrogens (tertiary/aromatic N) is 4. The standard InChI is InChI=1S/C16H26N6O2S/c23-14(17-18-15(24)12-7-3-1-4-8-12)11-25-16-19-20-21-22(16)13-9-5-2-6-10-13/h12-13H,1-11H2,(H,17,23)(H,18,24). The molecule has 3 rings (SSSR count). The van der Waals surface area contributed by atoms with Gasteiger partial charge in [0, 0.05) is 5.92 Å². The van der Waals surface area contributed by atoms with E-state index in [1.54, 1.807) is 0 Å². The SMILES string of the molecule is O=C(CSc1nnnn1C1CCCCC1)NNC(=O)C1CCCCC1. The van der Waals surface area contributed by atoms with E-state index in [2.05, 4.69) is 26.4 Å². The molecule has 138 valence electrons. The summed E-state index contributed by atoms with van der Waals surface area (Å²) < 4.78 is 1.84. The number of nitrogens with one attached hydrogen (secondary N) is 2. The van der Waals surface area contributed by atoms with Gasteiger partial charge in [-0.2, -0.15) is 0 Å². The Balaban J connectivity index is 1.41. The molecule has 2 N–H and O–H groups in total. The number of hydrogen-bond donors (Lipinski definition) is 2. The van der Waals surface area contributed by atoms with Crippen molar-refractivity contribution in [1.29, 1.82) is 0 Å². The Kier molecular flexibility index (Phi) is 6.66. The van der Waals surface area contributed by atoms with Crippen molar-refractivity contribution in [1.82, 2.24) is 31.1 Å². The molecule has 9 heteroatoms. The van der Waals surface area contributed by atoms with Crippen molar-refractivity contribution in [3.8, 4) is 0 Å². The van der Waals surface area contributed by atoms with Crippen molar-refractivity contribution < 1.29 is 9.59 Å². The van der Waals surface area contributed by atoms with Gasteiger partial charge in [-0.3, -0.25) is 20.4 Å². The monoisotopic (exact) mass is 366 g/mol. The smallest absolute Gasteiger partial charge is 0.248 e. The van der Waals surface area contributed by atoms with Crippen molar-refractivity contribution >= 4 is 23.6 Å². The molecule has 2 saturated carbocycles. The zero-order chi connectivity index (χ0) is 17.5. The Labute approximate surface area is 151 Å². The first kappa shape index (κ1) is 18.2. The molecule has 2 aliphatic carbocycles. The third-order valence-corrected chi connectivity index (χ3v) is 5.95. The van der Waals surface area contributed by atoms with Crippen LogP contribution in [0.25, 0.3) is 0 Å². The molecule has 2 aliphatic rings. The minimum absolute atomic E-state index is 0.0281. The third kappa shape index (κ3) is 5.17. The second-order valence-electron chi connectivity index (χ2n) is 6.86. The fourth-order valence-corrected chi connectivity index (χ4v) is 4.34. The number of amides is 2. The van der Waals surface area contributed by atoms with Gasteiger partial charge in [-0.05, 0) is 36.1 Å². The average Bonchev–Trinajstić information content (AvgIpc) is 3.14. The van der Waals surface area contributed by atoms with Gasteiger partial charge in [-0.25, -0.2) is 4.68 Å². The van der Waals surface area contributed by atoms with Gasteiger partial charge >= 0.3 is 0 Å². The van der Waals surface area contributed by atoms with E-state index >= 15 is 0 Å². The van der Waals surface area contributed by atoms with Gasteiger partial charge in [0.05, 0.1) is 11.8 Å². The lowest BCUT2D eigenvalue weighted by Gasteiger charge is -2.22. The third-order valence-electron chi connectivity index (χ3n) is 5.02. The van der Waals surface area contributed by atoms with Crippen molar-refractivity contribution in [2.75, 3.05) is 5.75 Å². The average molecular weight is 366 g/mol. The van der Waals surface area contributed by atoms with E-state index in [4.69, 9.17) is 0 Å². The molecule has 1 aromatic heterocycles. The summed E-state index contributed by atoms with van der Waals surface area (Å²) in [7, 11) is 0. The zero-order valence-corrected chi connectivity index (χ0v) is 15.3. The number of rotatable bonds is 5. The summed E-state index contributed by atoms with van der Waals surface area (Å²) in [6.07, 6.45) is 11.0. The largest absolute Gasteiger partial charge is 0.273 e. The second-order valence-corrected chi connectivity index (χ2v) is 7.80. The first-order valence-electron chi connectivity index (χ1n) is 9.23. The van der Waals surface area contributed by atoms with E-state index in [9.17, 15) is 9.59 Å². The summed E-state index contributed by atoms with van der Waals surface area (Å²) >= 11 is 1.31. The molecule has 0 saturated heterocycles. The molecule has 0 aliphatic heterocycles. The summed E-state index contributed by atoms with van der Waals surface area (Å²) in [6.45, 7) is 0. The molecule has 0 spiro atoms. The minimum Gasteiger partial charge on any atom is -0.273 e. The number of carbonyl (C=O) groups excluding carboxylic acids is 2. The van der Waals surface area contributed by atoms with Gasteiger partial charge in [0.25, 0.3) is 0 Å². The normalized spacial score (nSPS) is 19.5. The van der Waals surface area contributed by atoms with Crippen LogP contribution in [0.15, 0.2) is 5.16 Å². The number of hydrogen-bond acceptors (Lipinski definition) is 6. The zero-order valence-electron chi connectivity index (χ0n) is 14.4. The van der Waals surface area contributed by atoms with E-state index in [1.807, 2.05) is 4.68 Å². The summed E-state index contributed by atoms with van der Waals surface area (Å²) in [5.41, 5.74) is 5.05. The van der Waals surface area contributed by atoms with Gasteiger partial charge in [0.1, 0.15) is 0 Å². The van der Waals surface area contributed by atoms with E-state index < -0.39 is 0 Å². The summed E-state index contributed by atoms with van der Waals surface area (Å²) in [5.74, 6) is -0.115. The van der Waals surface area contributed by atoms with E-state index in [1.165, 1.54) is 37.4 Å². The Bertz CT molecular complexity index is 581. The first-order chi connectivity index (χ1) is 12.2. The van der Waals surface area contributed by atoms with Crippen LogP contribution in [0.2, 0.25) is 0 Å². The van der Waals surface area contributed by atoms with Crippen LogP contribution in [0.3, 0.4) is 0 Å². The van der Waals surface area contributed by atoms with Crippen LogP contribution in [0.5, 0.6) is 0 Å². The minimum atomic E-state index is -0.243. The maximum Gasteiger partial charge on any atom is 0.248 e. The van der Waals surface area contributed by atoms with Gasteiger partial charge < -0.3 is 0 Å². The van der Waals surface area contributed by atoms with E-state index in [0.29, 0.717) is 11.2 Å². The number of tetrazole rings is 1. The first-order valence-corrected chi connectivity index (χ1v) is 10.2. The topological polar surface area (TPSA) is 102 Å². The van der Waals surface area contributed by atoms with E-state index in [-0.39, 0.29) is 23.5 Å². The predicted molar refractivity (Wildman–Crippen MR) is 93.5 cm³/mol. The maximum atomic E-state index is 12.0. The van der Waals surface area contributed by atoms with Gasteiger partial charge in [-0.1, -0.05) is 50.3 Å². The van der Waals surface area contributed by atoms with Crippen LogP contribution in [0.4, 0.5) is 0 Å². The Hall–Kier alpha value is -1.64. The maximum absolute atomic E-state index is 12.0. The molecule has 2 fully saturated rings. The summed E-state index contributed by atoms with van der Waals surface area (Å²) in [4.78, 5) is 24.0.